The molecule has 1 amide bonds. The van der Waals surface area contributed by atoms with E-state index in [9.17, 15) is 4.79 Å². The van der Waals surface area contributed by atoms with Gasteiger partial charge in [-0.2, -0.15) is 4.98 Å². The van der Waals surface area contributed by atoms with Crippen LogP contribution in [0.15, 0.2) is 34.9 Å². The summed E-state index contributed by atoms with van der Waals surface area (Å²) < 4.78 is 5.24. The molecular weight excluding hydrogens is 254 g/mol. The zero-order valence-corrected chi connectivity index (χ0v) is 11.5. The summed E-state index contributed by atoms with van der Waals surface area (Å²) in [6, 6.07) is 9.67. The second kappa shape index (κ2) is 5.45. The van der Waals surface area contributed by atoms with Crippen LogP contribution in [-0.2, 0) is 11.2 Å². The molecule has 1 fully saturated rings. The van der Waals surface area contributed by atoms with Crippen molar-refractivity contribution in [1.82, 2.24) is 15.0 Å². The van der Waals surface area contributed by atoms with Crippen LogP contribution in [0, 0.1) is 5.92 Å². The Bertz CT molecular complexity index is 590. The molecule has 20 heavy (non-hydrogen) atoms. The maximum Gasteiger partial charge on any atom is 0.257 e. The minimum Gasteiger partial charge on any atom is -0.345 e. The maximum absolute atomic E-state index is 11.8. The molecule has 1 aliphatic rings. The van der Waals surface area contributed by atoms with Gasteiger partial charge in [-0.25, -0.2) is 0 Å². The highest BCUT2D eigenvalue weighted by Gasteiger charge is 2.31. The van der Waals surface area contributed by atoms with E-state index in [0.29, 0.717) is 24.7 Å². The Balaban J connectivity index is 1.59. The first-order valence-corrected chi connectivity index (χ1v) is 6.87. The van der Waals surface area contributed by atoms with Crippen molar-refractivity contribution >= 4 is 5.91 Å². The number of carbonyl (C=O) groups is 1. The van der Waals surface area contributed by atoms with E-state index < -0.39 is 0 Å². The fourth-order valence-electron chi connectivity index (χ4n) is 2.07. The van der Waals surface area contributed by atoms with Gasteiger partial charge in [0.1, 0.15) is 0 Å². The highest BCUT2D eigenvalue weighted by Crippen LogP contribution is 2.30. The van der Waals surface area contributed by atoms with Crippen molar-refractivity contribution in [2.24, 2.45) is 5.92 Å². The van der Waals surface area contributed by atoms with Gasteiger partial charge >= 0.3 is 0 Å². The summed E-state index contributed by atoms with van der Waals surface area (Å²) in [6.45, 7) is 0.628. The van der Waals surface area contributed by atoms with Gasteiger partial charge in [-0.05, 0) is 25.0 Å². The number of amides is 1. The van der Waals surface area contributed by atoms with Crippen molar-refractivity contribution in [3.05, 3.63) is 36.2 Å². The molecule has 3 rings (SSSR count). The number of likely N-dealkylation sites (N-methyl/N-ethyl adjacent to an activating group) is 1. The third-order valence-corrected chi connectivity index (χ3v) is 3.46. The molecule has 0 unspecified atom stereocenters. The van der Waals surface area contributed by atoms with Gasteiger partial charge < -0.3 is 9.42 Å². The van der Waals surface area contributed by atoms with E-state index in [0.717, 1.165) is 18.4 Å². The largest absolute Gasteiger partial charge is 0.345 e. The molecule has 5 nitrogen and oxygen atoms in total. The average Bonchev–Trinajstić information content (AvgIpc) is 3.23. The molecule has 5 heteroatoms. The number of carbonyl (C=O) groups excluding carboxylic acids is 1. The smallest absolute Gasteiger partial charge is 0.257 e. The fourth-order valence-corrected chi connectivity index (χ4v) is 2.07. The number of benzene rings is 1. The van der Waals surface area contributed by atoms with Crippen LogP contribution in [0.1, 0.15) is 18.7 Å². The van der Waals surface area contributed by atoms with Crippen molar-refractivity contribution in [2.75, 3.05) is 13.6 Å². The SMILES string of the molecule is CN(CCc1noc(-c2ccccc2)n1)C(=O)C1CC1. The Kier molecular flexibility index (Phi) is 3.50. The van der Waals surface area contributed by atoms with Gasteiger partial charge in [0.15, 0.2) is 5.82 Å². The Labute approximate surface area is 117 Å². The summed E-state index contributed by atoms with van der Waals surface area (Å²) in [5, 5.41) is 3.96. The first-order valence-electron chi connectivity index (χ1n) is 6.87. The lowest BCUT2D eigenvalue weighted by Gasteiger charge is -2.15. The number of aromatic nitrogens is 2. The van der Waals surface area contributed by atoms with Crippen molar-refractivity contribution in [2.45, 2.75) is 19.3 Å². The molecule has 0 aliphatic heterocycles. The molecule has 1 heterocycles. The van der Waals surface area contributed by atoms with E-state index in [2.05, 4.69) is 10.1 Å². The summed E-state index contributed by atoms with van der Waals surface area (Å²) in [6.07, 6.45) is 2.68. The summed E-state index contributed by atoms with van der Waals surface area (Å²) in [5.41, 5.74) is 0.911. The third-order valence-electron chi connectivity index (χ3n) is 3.46. The van der Waals surface area contributed by atoms with Crippen molar-refractivity contribution in [3.63, 3.8) is 0 Å². The monoisotopic (exact) mass is 271 g/mol. The Hall–Kier alpha value is -2.17. The molecule has 0 radical (unpaired) electrons. The fraction of sp³-hybridized carbons (Fsp3) is 0.400. The molecule has 1 saturated carbocycles. The predicted octanol–water partition coefficient (Wildman–Crippen LogP) is 2.15. The van der Waals surface area contributed by atoms with Crippen LogP contribution in [0.2, 0.25) is 0 Å². The van der Waals surface area contributed by atoms with Crippen molar-refractivity contribution < 1.29 is 9.32 Å². The quantitative estimate of drug-likeness (QED) is 0.836. The Morgan fingerprint density at radius 2 is 2.10 bits per heavy atom. The van der Waals surface area contributed by atoms with Crippen LogP contribution in [0.5, 0.6) is 0 Å². The van der Waals surface area contributed by atoms with Crippen molar-refractivity contribution in [1.29, 1.82) is 0 Å². The number of hydrogen-bond acceptors (Lipinski definition) is 4. The second-order valence-electron chi connectivity index (χ2n) is 5.17. The van der Waals surface area contributed by atoms with E-state index in [4.69, 9.17) is 4.52 Å². The second-order valence-corrected chi connectivity index (χ2v) is 5.17. The normalized spacial score (nSPS) is 14.2. The average molecular weight is 271 g/mol. The van der Waals surface area contributed by atoms with E-state index in [1.165, 1.54) is 0 Å². The van der Waals surface area contributed by atoms with Gasteiger partial charge in [0.05, 0.1) is 0 Å². The van der Waals surface area contributed by atoms with Gasteiger partial charge in [0.25, 0.3) is 5.89 Å². The van der Waals surface area contributed by atoms with E-state index in [-0.39, 0.29) is 11.8 Å². The zero-order chi connectivity index (χ0) is 13.9. The molecule has 0 bridgehead atoms. The van der Waals surface area contributed by atoms with Gasteiger partial charge in [-0.15, -0.1) is 0 Å². The van der Waals surface area contributed by atoms with Crippen LogP contribution in [-0.4, -0.2) is 34.5 Å². The third kappa shape index (κ3) is 2.87. The van der Waals surface area contributed by atoms with Gasteiger partial charge in [0.2, 0.25) is 5.91 Å². The summed E-state index contributed by atoms with van der Waals surface area (Å²) >= 11 is 0. The van der Waals surface area contributed by atoms with Crippen LogP contribution in [0.25, 0.3) is 11.5 Å². The lowest BCUT2D eigenvalue weighted by atomic mass is 10.2. The molecule has 0 atom stereocenters. The van der Waals surface area contributed by atoms with Gasteiger partial charge in [-0.3, -0.25) is 4.79 Å². The Morgan fingerprint density at radius 1 is 1.35 bits per heavy atom. The molecule has 0 saturated heterocycles. The Morgan fingerprint density at radius 3 is 2.80 bits per heavy atom. The number of nitrogens with zero attached hydrogens (tertiary/aromatic N) is 3. The molecule has 0 spiro atoms. The van der Waals surface area contributed by atoms with Crippen LogP contribution in [0.3, 0.4) is 0 Å². The number of hydrogen-bond donors (Lipinski definition) is 0. The van der Waals surface area contributed by atoms with Gasteiger partial charge in [0, 0.05) is 31.5 Å². The minimum absolute atomic E-state index is 0.233. The van der Waals surface area contributed by atoms with E-state index >= 15 is 0 Å². The highest BCUT2D eigenvalue weighted by atomic mass is 16.5. The first kappa shape index (κ1) is 12.8. The van der Waals surface area contributed by atoms with Crippen molar-refractivity contribution in [3.8, 4) is 11.5 Å². The molecule has 1 aromatic carbocycles. The van der Waals surface area contributed by atoms with Crippen LogP contribution in [0.4, 0.5) is 0 Å². The summed E-state index contributed by atoms with van der Waals surface area (Å²) in [5.74, 6) is 1.65. The lowest BCUT2D eigenvalue weighted by Crippen LogP contribution is -2.30. The van der Waals surface area contributed by atoms with Crippen LogP contribution < -0.4 is 0 Å². The lowest BCUT2D eigenvalue weighted by molar-refractivity contribution is -0.131. The molecule has 104 valence electrons. The van der Waals surface area contributed by atoms with E-state index in [1.807, 2.05) is 37.4 Å². The first-order chi connectivity index (χ1) is 9.74. The van der Waals surface area contributed by atoms with Crippen LogP contribution >= 0.6 is 0 Å². The maximum atomic E-state index is 11.8. The minimum atomic E-state index is 0.233. The topological polar surface area (TPSA) is 59.2 Å². The number of rotatable bonds is 5. The molecular formula is C15H17N3O2. The summed E-state index contributed by atoms with van der Waals surface area (Å²) in [4.78, 5) is 17.9. The predicted molar refractivity (Wildman–Crippen MR) is 73.8 cm³/mol. The van der Waals surface area contributed by atoms with Gasteiger partial charge in [-0.1, -0.05) is 23.4 Å². The molecule has 2 aromatic rings. The van der Waals surface area contributed by atoms with E-state index in [1.54, 1.807) is 4.90 Å². The highest BCUT2D eigenvalue weighted by molar-refractivity contribution is 5.80. The molecule has 1 aliphatic carbocycles. The molecule has 1 aromatic heterocycles. The standard InChI is InChI=1S/C15H17N3O2/c1-18(15(19)12-7-8-12)10-9-13-16-14(20-17-13)11-5-3-2-4-6-11/h2-6,12H,7-10H2,1H3. The zero-order valence-electron chi connectivity index (χ0n) is 11.5. The molecule has 0 N–H and O–H groups in total. The summed E-state index contributed by atoms with van der Waals surface area (Å²) in [7, 11) is 1.83.